The first-order valence-electron chi connectivity index (χ1n) is 7.31. The van der Waals surface area contributed by atoms with Crippen molar-refractivity contribution in [1.82, 2.24) is 4.90 Å². The van der Waals surface area contributed by atoms with Gasteiger partial charge < -0.3 is 5.11 Å². The van der Waals surface area contributed by atoms with Gasteiger partial charge in [0, 0.05) is 12.8 Å². The molecule has 2 fully saturated rings. The summed E-state index contributed by atoms with van der Waals surface area (Å²) in [6.45, 7) is 2.60. The van der Waals surface area contributed by atoms with E-state index in [1.165, 1.54) is 11.8 Å². The lowest BCUT2D eigenvalue weighted by atomic mass is 9.71. The van der Waals surface area contributed by atoms with E-state index in [9.17, 15) is 29.1 Å². The van der Waals surface area contributed by atoms with E-state index in [1.54, 1.807) is 0 Å². The van der Waals surface area contributed by atoms with Crippen LogP contribution in [0.4, 0.5) is 0 Å². The quantitative estimate of drug-likeness (QED) is 0.712. The summed E-state index contributed by atoms with van der Waals surface area (Å²) in [6, 6.07) is -2.26. The molecule has 1 saturated carbocycles. The third kappa shape index (κ3) is 2.20. The van der Waals surface area contributed by atoms with Gasteiger partial charge in [-0.25, -0.2) is 0 Å². The fourth-order valence-corrected chi connectivity index (χ4v) is 3.82. The highest BCUT2D eigenvalue weighted by molar-refractivity contribution is 6.30. The largest absolute Gasteiger partial charge is 0.480 e. The van der Waals surface area contributed by atoms with E-state index in [0.29, 0.717) is 12.8 Å². The van der Waals surface area contributed by atoms with Gasteiger partial charge in [-0.1, -0.05) is 0 Å². The molecule has 2 unspecified atom stereocenters. The average Bonchev–Trinajstić information content (AvgIpc) is 2.99. The Hall–Kier alpha value is -1.89. The van der Waals surface area contributed by atoms with Gasteiger partial charge in [0.05, 0.1) is 6.04 Å². The van der Waals surface area contributed by atoms with Crippen LogP contribution in [0.2, 0.25) is 0 Å². The number of ketones is 4. The molecule has 1 heterocycles. The Balaban J connectivity index is 2.57. The van der Waals surface area contributed by atoms with Crippen molar-refractivity contribution < 1.29 is 29.1 Å². The zero-order valence-corrected chi connectivity index (χ0v) is 12.6. The first-order valence-corrected chi connectivity index (χ1v) is 7.31. The lowest BCUT2D eigenvalue weighted by molar-refractivity contribution is -0.158. The second-order valence-electron chi connectivity index (χ2n) is 5.96. The highest BCUT2D eigenvalue weighted by Crippen LogP contribution is 2.41. The van der Waals surface area contributed by atoms with Gasteiger partial charge in [0.2, 0.25) is 0 Å². The fraction of sp³-hybridized carbons (Fsp3) is 0.667. The highest BCUT2D eigenvalue weighted by atomic mass is 16.4. The Morgan fingerprint density at radius 3 is 2.14 bits per heavy atom. The summed E-state index contributed by atoms with van der Waals surface area (Å²) in [7, 11) is 0. The number of aliphatic carboxylic acids is 1. The summed E-state index contributed by atoms with van der Waals surface area (Å²) in [5.74, 6) is -3.44. The highest BCUT2D eigenvalue weighted by Gasteiger charge is 2.62. The van der Waals surface area contributed by atoms with Gasteiger partial charge in [0.1, 0.15) is 11.8 Å². The summed E-state index contributed by atoms with van der Waals surface area (Å²) < 4.78 is 0. The van der Waals surface area contributed by atoms with E-state index in [-0.39, 0.29) is 19.4 Å². The molecule has 2 atom stereocenters. The van der Waals surface area contributed by atoms with Crippen molar-refractivity contribution in [2.24, 2.45) is 5.41 Å². The van der Waals surface area contributed by atoms with E-state index in [0.717, 1.165) is 6.92 Å². The third-order valence-electron chi connectivity index (χ3n) is 4.72. The fourth-order valence-electron chi connectivity index (χ4n) is 3.82. The number of hydrogen-bond acceptors (Lipinski definition) is 6. The van der Waals surface area contributed by atoms with Gasteiger partial charge in [-0.05, 0) is 33.2 Å². The molecule has 0 aromatic heterocycles. The van der Waals surface area contributed by atoms with Crippen LogP contribution in [-0.4, -0.2) is 57.7 Å². The van der Waals surface area contributed by atoms with Crippen LogP contribution in [0.15, 0.2) is 0 Å². The molecule has 7 heteroatoms. The number of carboxylic acids is 1. The molecule has 1 N–H and O–H groups in total. The zero-order valence-electron chi connectivity index (χ0n) is 12.6. The number of hydrogen-bond donors (Lipinski definition) is 1. The van der Waals surface area contributed by atoms with E-state index in [4.69, 9.17) is 0 Å². The van der Waals surface area contributed by atoms with Gasteiger partial charge in [-0.2, -0.15) is 0 Å². The Morgan fingerprint density at radius 1 is 1.18 bits per heavy atom. The number of carbonyl (C=O) groups excluding carboxylic acids is 4. The molecule has 2 aliphatic rings. The second kappa shape index (κ2) is 5.72. The summed E-state index contributed by atoms with van der Waals surface area (Å²) in [5.41, 5.74) is -2.02. The van der Waals surface area contributed by atoms with Gasteiger partial charge in [0.25, 0.3) is 0 Å². The Kier molecular flexibility index (Phi) is 4.28. The predicted molar refractivity (Wildman–Crippen MR) is 74.2 cm³/mol. The van der Waals surface area contributed by atoms with Gasteiger partial charge in [-0.15, -0.1) is 0 Å². The Morgan fingerprint density at radius 2 is 1.73 bits per heavy atom. The van der Waals surface area contributed by atoms with Crippen LogP contribution in [0, 0.1) is 5.41 Å². The van der Waals surface area contributed by atoms with Crippen molar-refractivity contribution in [1.29, 1.82) is 0 Å². The predicted octanol–water partition coefficient (Wildman–Crippen LogP) is 0.000400. The van der Waals surface area contributed by atoms with Crippen LogP contribution < -0.4 is 0 Å². The van der Waals surface area contributed by atoms with Crippen molar-refractivity contribution in [2.45, 2.75) is 51.6 Å². The summed E-state index contributed by atoms with van der Waals surface area (Å²) in [6.07, 6.45) is 0.716. The topological polar surface area (TPSA) is 109 Å². The molecule has 0 amide bonds. The number of Topliss-reactive ketones (excluding diaryl/α,β-unsaturated/α-hetero) is 4. The minimum absolute atomic E-state index is 0.0756. The molecule has 0 aromatic carbocycles. The number of carboxylic acid groups (broad SMARTS) is 1. The van der Waals surface area contributed by atoms with E-state index >= 15 is 0 Å². The maximum Gasteiger partial charge on any atom is 0.320 e. The molecule has 2 rings (SSSR count). The van der Waals surface area contributed by atoms with E-state index in [2.05, 4.69) is 0 Å². The molecule has 22 heavy (non-hydrogen) atoms. The lowest BCUT2D eigenvalue weighted by Gasteiger charge is -2.38. The van der Waals surface area contributed by atoms with Crippen LogP contribution >= 0.6 is 0 Å². The minimum atomic E-state index is -2.02. The van der Waals surface area contributed by atoms with Crippen molar-refractivity contribution in [2.75, 3.05) is 6.54 Å². The van der Waals surface area contributed by atoms with Crippen molar-refractivity contribution in [3.05, 3.63) is 0 Å². The Bertz CT molecular complexity index is 550. The second-order valence-corrected chi connectivity index (χ2v) is 5.96. The summed E-state index contributed by atoms with van der Waals surface area (Å²) >= 11 is 0. The SMILES string of the molecule is CC(=O)C(N1CCCC1C(=O)O)C1(C(C)=O)C(=O)CCC1=O. The van der Waals surface area contributed by atoms with E-state index in [1.807, 2.05) is 0 Å². The van der Waals surface area contributed by atoms with Crippen LogP contribution in [0.5, 0.6) is 0 Å². The van der Waals surface area contributed by atoms with Crippen molar-refractivity contribution in [3.63, 3.8) is 0 Å². The third-order valence-corrected chi connectivity index (χ3v) is 4.72. The lowest BCUT2D eigenvalue weighted by Crippen LogP contribution is -2.62. The maximum atomic E-state index is 12.4. The van der Waals surface area contributed by atoms with Crippen molar-refractivity contribution >= 4 is 29.1 Å². The number of likely N-dealkylation sites (tertiary alicyclic amines) is 1. The standard InChI is InChI=1S/C15H19NO6/c1-8(17)13(16-7-3-4-10(16)14(21)22)15(9(2)18)11(19)5-6-12(15)20/h10,13H,3-7H2,1-2H3,(H,21,22). The first-order chi connectivity index (χ1) is 10.2. The van der Waals surface area contributed by atoms with Crippen molar-refractivity contribution in [3.8, 4) is 0 Å². The Labute approximate surface area is 127 Å². The molecule has 1 aliphatic heterocycles. The molecular formula is C15H19NO6. The van der Waals surface area contributed by atoms with Gasteiger partial charge in [0.15, 0.2) is 22.8 Å². The van der Waals surface area contributed by atoms with Gasteiger partial charge in [-0.3, -0.25) is 28.9 Å². The average molecular weight is 309 g/mol. The van der Waals surface area contributed by atoms with Crippen LogP contribution in [0.3, 0.4) is 0 Å². The molecule has 0 aromatic rings. The summed E-state index contributed by atoms with van der Waals surface area (Å²) in [5, 5.41) is 9.30. The monoisotopic (exact) mass is 309 g/mol. The molecule has 0 bridgehead atoms. The molecule has 1 aliphatic carbocycles. The number of nitrogens with zero attached hydrogens (tertiary/aromatic N) is 1. The minimum Gasteiger partial charge on any atom is -0.480 e. The number of carbonyl (C=O) groups is 5. The molecule has 1 saturated heterocycles. The maximum absolute atomic E-state index is 12.4. The molecular weight excluding hydrogens is 290 g/mol. The molecule has 0 radical (unpaired) electrons. The van der Waals surface area contributed by atoms with E-state index < -0.39 is 46.6 Å². The number of rotatable bonds is 5. The zero-order chi connectivity index (χ0) is 16.7. The van der Waals surface area contributed by atoms with Crippen LogP contribution in [-0.2, 0) is 24.0 Å². The molecule has 7 nitrogen and oxygen atoms in total. The van der Waals surface area contributed by atoms with Crippen LogP contribution in [0.25, 0.3) is 0 Å². The van der Waals surface area contributed by atoms with Gasteiger partial charge >= 0.3 is 5.97 Å². The molecule has 0 spiro atoms. The smallest absolute Gasteiger partial charge is 0.320 e. The van der Waals surface area contributed by atoms with Crippen LogP contribution in [0.1, 0.15) is 39.5 Å². The molecule has 120 valence electrons. The normalized spacial score (nSPS) is 26.2. The summed E-state index contributed by atoms with van der Waals surface area (Å²) in [4.78, 5) is 61.9. The first kappa shape index (κ1) is 16.5.